The van der Waals surface area contributed by atoms with E-state index in [1.54, 1.807) is 24.3 Å². The van der Waals surface area contributed by atoms with Gasteiger partial charge in [-0.2, -0.15) is 0 Å². The smallest absolute Gasteiger partial charge is 0.196 e. The zero-order valence-corrected chi connectivity index (χ0v) is 6.86. The molecule has 2 aromatic rings. The summed E-state index contributed by atoms with van der Waals surface area (Å²) < 4.78 is 0. The second kappa shape index (κ2) is 2.90. The Bertz CT molecular complexity index is 461. The van der Waals surface area contributed by atoms with E-state index in [4.69, 9.17) is 0 Å². The quantitative estimate of drug-likeness (QED) is 0.608. The third kappa shape index (κ3) is 1.16. The summed E-state index contributed by atoms with van der Waals surface area (Å²) >= 11 is 0. The summed E-state index contributed by atoms with van der Waals surface area (Å²) in [5.41, 5.74) is 0.221. The van der Waals surface area contributed by atoms with Gasteiger partial charge < -0.3 is 0 Å². The van der Waals surface area contributed by atoms with Gasteiger partial charge in [0.15, 0.2) is 12.0 Å². The molecule has 0 unspecified atom stereocenters. The van der Waals surface area contributed by atoms with E-state index in [1.807, 2.05) is 12.1 Å². The van der Waals surface area contributed by atoms with Crippen LogP contribution in [0.5, 0.6) is 5.75 Å². The molecule has 0 amide bonds. The Labute approximate surface area is 75.4 Å². The maximum Gasteiger partial charge on any atom is 0.196 e. The lowest BCUT2D eigenvalue weighted by molar-refractivity contribution is 0.111. The Hall–Kier alpha value is -1.83. The Balaban J connectivity index is 2.86. The second-order valence-corrected chi connectivity index (χ2v) is 2.82. The molecule has 2 nitrogen and oxygen atoms in total. The van der Waals surface area contributed by atoms with Crippen molar-refractivity contribution >= 4 is 17.1 Å². The Kier molecular flexibility index (Phi) is 1.74. The fourth-order valence-electron chi connectivity index (χ4n) is 1.35. The number of carbonyl (C=O) groups is 1. The molecule has 0 atom stereocenters. The fourth-order valence-corrected chi connectivity index (χ4v) is 1.35. The van der Waals surface area contributed by atoms with Gasteiger partial charge in [0.25, 0.3) is 0 Å². The molecule has 0 bridgehead atoms. The molecule has 0 aliphatic carbocycles. The van der Waals surface area contributed by atoms with Gasteiger partial charge in [-0.05, 0) is 11.5 Å². The summed E-state index contributed by atoms with van der Waals surface area (Å²) in [7, 11) is 0. The third-order valence-corrected chi connectivity index (χ3v) is 2.04. The molecule has 0 fully saturated rings. The maximum absolute atomic E-state index is 11.5. The van der Waals surface area contributed by atoms with Crippen LogP contribution in [0.15, 0.2) is 36.4 Å². The highest BCUT2D eigenvalue weighted by molar-refractivity contribution is 5.95. The molecule has 0 N–H and O–H groups in total. The van der Waals surface area contributed by atoms with Crippen molar-refractivity contribution < 1.29 is 9.90 Å². The average molecular weight is 171 g/mol. The van der Waals surface area contributed by atoms with Gasteiger partial charge in [0, 0.05) is 5.39 Å². The Morgan fingerprint density at radius 3 is 2.54 bits per heavy atom. The minimum Gasteiger partial charge on any atom is -0.298 e. The van der Waals surface area contributed by atoms with E-state index >= 15 is 0 Å². The summed E-state index contributed by atoms with van der Waals surface area (Å²) in [4.78, 5) is 10.5. The molecule has 0 aromatic heterocycles. The summed E-state index contributed by atoms with van der Waals surface area (Å²) in [6.45, 7) is 0. The maximum atomic E-state index is 11.5. The highest BCUT2D eigenvalue weighted by Crippen LogP contribution is 2.27. The average Bonchev–Trinajstić information content (AvgIpc) is 2.19. The molecule has 2 rings (SSSR count). The van der Waals surface area contributed by atoms with Crippen LogP contribution >= 0.6 is 0 Å². The Morgan fingerprint density at radius 1 is 1.00 bits per heavy atom. The SMILES string of the molecule is [O]c1c(C=O)ccc2ccccc12. The van der Waals surface area contributed by atoms with Crippen molar-refractivity contribution in [2.75, 3.05) is 0 Å². The molecule has 0 aliphatic heterocycles. The van der Waals surface area contributed by atoms with E-state index in [-0.39, 0.29) is 11.3 Å². The van der Waals surface area contributed by atoms with E-state index in [1.165, 1.54) is 0 Å². The van der Waals surface area contributed by atoms with Crippen LogP contribution in [0.3, 0.4) is 0 Å². The van der Waals surface area contributed by atoms with Crippen LogP contribution in [-0.4, -0.2) is 6.29 Å². The van der Waals surface area contributed by atoms with E-state index in [0.717, 1.165) is 5.39 Å². The largest absolute Gasteiger partial charge is 0.298 e. The monoisotopic (exact) mass is 171 g/mol. The van der Waals surface area contributed by atoms with Crippen LogP contribution in [0.2, 0.25) is 0 Å². The van der Waals surface area contributed by atoms with Crippen LogP contribution in [0.1, 0.15) is 10.4 Å². The third-order valence-electron chi connectivity index (χ3n) is 2.04. The fraction of sp³-hybridized carbons (Fsp3) is 0. The highest BCUT2D eigenvalue weighted by atomic mass is 16.3. The molecule has 0 saturated carbocycles. The normalized spacial score (nSPS) is 10.2. The van der Waals surface area contributed by atoms with Gasteiger partial charge in [0.2, 0.25) is 0 Å². The van der Waals surface area contributed by atoms with Crippen LogP contribution < -0.4 is 0 Å². The van der Waals surface area contributed by atoms with Gasteiger partial charge in [-0.25, -0.2) is 0 Å². The summed E-state index contributed by atoms with van der Waals surface area (Å²) in [6, 6.07) is 10.6. The molecule has 0 aliphatic rings. The number of carbonyl (C=O) groups excluding carboxylic acids is 1. The first-order valence-corrected chi connectivity index (χ1v) is 3.97. The van der Waals surface area contributed by atoms with Crippen molar-refractivity contribution in [1.29, 1.82) is 0 Å². The van der Waals surface area contributed by atoms with Gasteiger partial charge in [-0.3, -0.25) is 9.90 Å². The molecule has 0 spiro atoms. The van der Waals surface area contributed by atoms with Crippen molar-refractivity contribution in [3.05, 3.63) is 42.0 Å². The molecular formula is C11H7O2. The van der Waals surface area contributed by atoms with E-state index in [2.05, 4.69) is 0 Å². The predicted octanol–water partition coefficient (Wildman–Crippen LogP) is 2.80. The van der Waals surface area contributed by atoms with Crippen LogP contribution in [0.4, 0.5) is 0 Å². The molecule has 2 heteroatoms. The lowest BCUT2D eigenvalue weighted by Gasteiger charge is -1.99. The summed E-state index contributed by atoms with van der Waals surface area (Å²) in [5, 5.41) is 13.0. The molecule has 1 radical (unpaired) electrons. The molecule has 0 heterocycles. The van der Waals surface area contributed by atoms with E-state index in [0.29, 0.717) is 11.7 Å². The topological polar surface area (TPSA) is 37.0 Å². The first-order chi connectivity index (χ1) is 6.33. The van der Waals surface area contributed by atoms with Crippen LogP contribution in [0.25, 0.3) is 10.8 Å². The first kappa shape index (κ1) is 7.80. The van der Waals surface area contributed by atoms with Crippen molar-refractivity contribution in [3.63, 3.8) is 0 Å². The Morgan fingerprint density at radius 2 is 1.77 bits per heavy atom. The lowest BCUT2D eigenvalue weighted by atomic mass is 10.1. The minimum absolute atomic E-state index is 0.187. The molecule has 63 valence electrons. The number of aldehydes is 1. The van der Waals surface area contributed by atoms with Gasteiger partial charge >= 0.3 is 0 Å². The van der Waals surface area contributed by atoms with Crippen LogP contribution in [0, 0.1) is 0 Å². The zero-order valence-electron chi connectivity index (χ0n) is 6.86. The van der Waals surface area contributed by atoms with Gasteiger partial charge in [-0.15, -0.1) is 0 Å². The van der Waals surface area contributed by atoms with Crippen molar-refractivity contribution in [2.24, 2.45) is 0 Å². The first-order valence-electron chi connectivity index (χ1n) is 3.97. The number of rotatable bonds is 1. The van der Waals surface area contributed by atoms with E-state index in [9.17, 15) is 9.90 Å². The number of hydrogen-bond acceptors (Lipinski definition) is 1. The van der Waals surface area contributed by atoms with Gasteiger partial charge in [-0.1, -0.05) is 30.3 Å². The molecular weight excluding hydrogens is 164 g/mol. The van der Waals surface area contributed by atoms with Crippen molar-refractivity contribution in [3.8, 4) is 5.75 Å². The zero-order chi connectivity index (χ0) is 9.26. The highest BCUT2D eigenvalue weighted by Gasteiger charge is 2.05. The van der Waals surface area contributed by atoms with Crippen LogP contribution in [-0.2, 0) is 5.11 Å². The van der Waals surface area contributed by atoms with Gasteiger partial charge in [0.05, 0.1) is 5.56 Å². The lowest BCUT2D eigenvalue weighted by Crippen LogP contribution is -1.81. The van der Waals surface area contributed by atoms with Gasteiger partial charge in [0.1, 0.15) is 0 Å². The standard InChI is InChI=1S/C11H7O2/c12-7-9-6-5-8-3-1-2-4-10(8)11(9)13/h1-7H. The number of fused-ring (bicyclic) bond motifs is 1. The minimum atomic E-state index is -0.187. The predicted molar refractivity (Wildman–Crippen MR) is 49.5 cm³/mol. The second-order valence-electron chi connectivity index (χ2n) is 2.82. The molecule has 0 saturated heterocycles. The molecule has 2 aromatic carbocycles. The number of benzene rings is 2. The van der Waals surface area contributed by atoms with E-state index < -0.39 is 0 Å². The molecule has 13 heavy (non-hydrogen) atoms. The van der Waals surface area contributed by atoms with Crippen molar-refractivity contribution in [2.45, 2.75) is 0 Å². The summed E-state index contributed by atoms with van der Waals surface area (Å²) in [5.74, 6) is -0.187. The number of hydrogen-bond donors (Lipinski definition) is 0. The van der Waals surface area contributed by atoms with Crippen molar-refractivity contribution in [1.82, 2.24) is 0 Å². The summed E-state index contributed by atoms with van der Waals surface area (Å²) in [6.07, 6.45) is 0.592.